The quantitative estimate of drug-likeness (QED) is 0.528. The Labute approximate surface area is 136 Å². The Morgan fingerprint density at radius 1 is 1.10 bits per heavy atom. The summed E-state index contributed by atoms with van der Waals surface area (Å²) in [7, 11) is 0. The summed E-state index contributed by atoms with van der Waals surface area (Å²) in [5, 5.41) is 12.0. The molecule has 2 aromatic carbocycles. The molecule has 6 heteroatoms. The molecule has 0 aliphatic rings. The van der Waals surface area contributed by atoms with E-state index in [0.29, 0.717) is 21.3 Å². The second-order valence-electron chi connectivity index (χ2n) is 3.68. The standard InChI is InChI=1S/C14H6Cl2N2S2/c15-12-5-10(18-8-19)6-13(16)14(12)20-11-3-1-9(7-17)2-4-11/h1-6H. The summed E-state index contributed by atoms with van der Waals surface area (Å²) in [5.74, 6) is 0. The maximum absolute atomic E-state index is 8.76. The number of thiocarbonyl (C=S) groups is 1. The summed E-state index contributed by atoms with van der Waals surface area (Å²) in [6.07, 6.45) is 0. The maximum Gasteiger partial charge on any atom is 0.0991 e. The van der Waals surface area contributed by atoms with Crippen molar-refractivity contribution in [2.45, 2.75) is 9.79 Å². The molecule has 20 heavy (non-hydrogen) atoms. The van der Waals surface area contributed by atoms with E-state index in [9.17, 15) is 0 Å². The van der Waals surface area contributed by atoms with E-state index >= 15 is 0 Å². The van der Waals surface area contributed by atoms with E-state index in [0.717, 1.165) is 9.79 Å². The van der Waals surface area contributed by atoms with Gasteiger partial charge in [-0.05, 0) is 48.6 Å². The minimum atomic E-state index is 0.496. The van der Waals surface area contributed by atoms with Gasteiger partial charge in [-0.2, -0.15) is 10.3 Å². The summed E-state index contributed by atoms with van der Waals surface area (Å²) < 4.78 is 0. The third-order valence-corrected chi connectivity index (χ3v) is 4.42. The average molecular weight is 337 g/mol. The number of rotatable bonds is 3. The highest BCUT2D eigenvalue weighted by atomic mass is 35.5. The molecule has 2 nitrogen and oxygen atoms in total. The lowest BCUT2D eigenvalue weighted by Crippen LogP contribution is -1.80. The van der Waals surface area contributed by atoms with Gasteiger partial charge in [0.25, 0.3) is 0 Å². The van der Waals surface area contributed by atoms with Crippen LogP contribution in [0.15, 0.2) is 51.2 Å². The third kappa shape index (κ3) is 3.61. The molecule has 0 fully saturated rings. The summed E-state index contributed by atoms with van der Waals surface area (Å²) in [6.45, 7) is 0. The van der Waals surface area contributed by atoms with E-state index in [1.807, 2.05) is 12.1 Å². The Kier molecular flexibility index (Phi) is 5.19. The van der Waals surface area contributed by atoms with Crippen molar-refractivity contribution < 1.29 is 0 Å². The fraction of sp³-hybridized carbons (Fsp3) is 0. The largest absolute Gasteiger partial charge is 0.195 e. The van der Waals surface area contributed by atoms with Gasteiger partial charge in [-0.15, -0.1) is 0 Å². The van der Waals surface area contributed by atoms with Gasteiger partial charge >= 0.3 is 0 Å². The number of benzene rings is 2. The molecule has 0 amide bonds. The molecular formula is C14H6Cl2N2S2. The number of nitrogens with zero attached hydrogens (tertiary/aromatic N) is 2. The average Bonchev–Trinajstić information content (AvgIpc) is 2.44. The van der Waals surface area contributed by atoms with E-state index in [1.165, 1.54) is 11.8 Å². The Balaban J connectivity index is 2.33. The number of hydrogen-bond acceptors (Lipinski definition) is 4. The van der Waals surface area contributed by atoms with Gasteiger partial charge in [0.2, 0.25) is 0 Å². The maximum atomic E-state index is 8.76. The lowest BCUT2D eigenvalue weighted by Gasteiger charge is -2.07. The Bertz CT molecular complexity index is 707. The van der Waals surface area contributed by atoms with E-state index in [2.05, 4.69) is 28.4 Å². The lowest BCUT2D eigenvalue weighted by atomic mass is 10.2. The zero-order chi connectivity index (χ0) is 14.5. The first-order chi connectivity index (χ1) is 9.63. The first-order valence-corrected chi connectivity index (χ1v) is 7.37. The molecule has 0 spiro atoms. The van der Waals surface area contributed by atoms with Crippen molar-refractivity contribution in [3.8, 4) is 6.07 Å². The Morgan fingerprint density at radius 2 is 1.70 bits per heavy atom. The minimum Gasteiger partial charge on any atom is -0.195 e. The molecule has 0 saturated heterocycles. The van der Waals surface area contributed by atoms with E-state index in [1.54, 1.807) is 24.3 Å². The highest BCUT2D eigenvalue weighted by molar-refractivity contribution is 7.99. The summed E-state index contributed by atoms with van der Waals surface area (Å²) >= 11 is 18.4. The van der Waals surface area contributed by atoms with Crippen molar-refractivity contribution in [3.05, 3.63) is 52.0 Å². The molecule has 0 aromatic heterocycles. The van der Waals surface area contributed by atoms with Crippen LogP contribution < -0.4 is 0 Å². The smallest absolute Gasteiger partial charge is 0.0991 e. The number of nitriles is 1. The topological polar surface area (TPSA) is 36.1 Å². The monoisotopic (exact) mass is 336 g/mol. The van der Waals surface area contributed by atoms with Crippen LogP contribution in [0.5, 0.6) is 0 Å². The van der Waals surface area contributed by atoms with Crippen LogP contribution in [0.4, 0.5) is 5.69 Å². The number of hydrogen-bond donors (Lipinski definition) is 0. The van der Waals surface area contributed by atoms with Gasteiger partial charge in [0.15, 0.2) is 0 Å². The van der Waals surface area contributed by atoms with E-state index < -0.39 is 0 Å². The highest BCUT2D eigenvalue weighted by Gasteiger charge is 2.10. The van der Waals surface area contributed by atoms with Crippen molar-refractivity contribution in [3.63, 3.8) is 0 Å². The van der Waals surface area contributed by atoms with Crippen LogP contribution in [0.25, 0.3) is 0 Å². The Hall–Kier alpha value is -1.34. The zero-order valence-electron chi connectivity index (χ0n) is 9.93. The summed E-state index contributed by atoms with van der Waals surface area (Å²) in [6, 6.07) is 12.6. The van der Waals surface area contributed by atoms with Gasteiger partial charge in [-0.25, -0.2) is 0 Å². The molecule has 0 atom stereocenters. The van der Waals surface area contributed by atoms with Gasteiger partial charge in [0, 0.05) is 9.79 Å². The van der Waals surface area contributed by atoms with Crippen molar-refractivity contribution >= 4 is 58.0 Å². The number of aliphatic imine (C=N–C) groups is 1. The third-order valence-electron chi connectivity index (χ3n) is 2.36. The summed E-state index contributed by atoms with van der Waals surface area (Å²) in [4.78, 5) is 5.53. The molecule has 0 saturated carbocycles. The molecule has 0 N–H and O–H groups in total. The van der Waals surface area contributed by atoms with Gasteiger partial charge in [0.05, 0.1) is 32.5 Å². The fourth-order valence-corrected chi connectivity index (χ4v) is 3.11. The SMILES string of the molecule is N#Cc1ccc(Sc2c(Cl)cc(N=C=S)cc2Cl)cc1. The van der Waals surface area contributed by atoms with Crippen molar-refractivity contribution in [2.75, 3.05) is 0 Å². The van der Waals surface area contributed by atoms with Gasteiger partial charge in [-0.3, -0.25) is 0 Å². The normalized spacial score (nSPS) is 9.65. The lowest BCUT2D eigenvalue weighted by molar-refractivity contribution is 1.38. The van der Waals surface area contributed by atoms with Crippen molar-refractivity contribution in [1.82, 2.24) is 0 Å². The van der Waals surface area contributed by atoms with Gasteiger partial charge in [-0.1, -0.05) is 35.0 Å². The molecule has 2 aromatic rings. The first kappa shape index (κ1) is 15.1. The van der Waals surface area contributed by atoms with E-state index in [-0.39, 0.29) is 0 Å². The van der Waals surface area contributed by atoms with E-state index in [4.69, 9.17) is 28.5 Å². The molecule has 0 radical (unpaired) electrons. The van der Waals surface area contributed by atoms with Crippen LogP contribution in [-0.2, 0) is 0 Å². The molecule has 0 bridgehead atoms. The summed E-state index contributed by atoms with van der Waals surface area (Å²) in [5.41, 5.74) is 1.18. The molecular weight excluding hydrogens is 331 g/mol. The molecule has 2 rings (SSSR count). The van der Waals surface area contributed by atoms with Crippen LogP contribution >= 0.6 is 47.2 Å². The zero-order valence-corrected chi connectivity index (χ0v) is 13.1. The van der Waals surface area contributed by atoms with Crippen LogP contribution in [0.3, 0.4) is 0 Å². The predicted octanol–water partition coefficient (Wildman–Crippen LogP) is 5.75. The Morgan fingerprint density at radius 3 is 2.20 bits per heavy atom. The van der Waals surface area contributed by atoms with Crippen LogP contribution in [0.1, 0.15) is 5.56 Å². The second-order valence-corrected chi connectivity index (χ2v) is 5.76. The molecule has 0 aliphatic carbocycles. The van der Waals surface area contributed by atoms with Crippen LogP contribution in [0.2, 0.25) is 10.0 Å². The predicted molar refractivity (Wildman–Crippen MR) is 86.4 cm³/mol. The van der Waals surface area contributed by atoms with Crippen molar-refractivity contribution in [1.29, 1.82) is 5.26 Å². The first-order valence-electron chi connectivity index (χ1n) is 5.39. The molecule has 98 valence electrons. The second kappa shape index (κ2) is 6.90. The molecule has 0 heterocycles. The molecule has 0 unspecified atom stereocenters. The fourth-order valence-electron chi connectivity index (χ4n) is 1.48. The van der Waals surface area contributed by atoms with Crippen LogP contribution in [-0.4, -0.2) is 5.16 Å². The van der Waals surface area contributed by atoms with Crippen molar-refractivity contribution in [2.24, 2.45) is 4.99 Å². The van der Waals surface area contributed by atoms with Crippen LogP contribution in [0, 0.1) is 11.3 Å². The number of halogens is 2. The van der Waals surface area contributed by atoms with Gasteiger partial charge < -0.3 is 0 Å². The highest BCUT2D eigenvalue weighted by Crippen LogP contribution is 2.40. The molecule has 0 aliphatic heterocycles. The minimum absolute atomic E-state index is 0.496. The number of isothiocyanates is 1. The van der Waals surface area contributed by atoms with Gasteiger partial charge in [0.1, 0.15) is 0 Å².